The summed E-state index contributed by atoms with van der Waals surface area (Å²) in [5.41, 5.74) is 0.136. The molecule has 5 nitrogen and oxygen atoms in total. The summed E-state index contributed by atoms with van der Waals surface area (Å²) in [5, 5.41) is 2.92. The highest BCUT2D eigenvalue weighted by Gasteiger charge is 2.36. The van der Waals surface area contributed by atoms with Gasteiger partial charge in [-0.15, -0.1) is 0 Å². The van der Waals surface area contributed by atoms with Crippen molar-refractivity contribution in [2.75, 3.05) is 19.6 Å². The molecule has 1 aliphatic carbocycles. The second-order valence-corrected chi connectivity index (χ2v) is 8.57. The number of nitrogens with zero attached hydrogens (tertiary/aromatic N) is 2. The number of likely N-dealkylation sites (tertiary alicyclic amines) is 1. The van der Waals surface area contributed by atoms with E-state index in [9.17, 15) is 22.8 Å². The number of rotatable bonds is 6. The minimum absolute atomic E-state index is 0.101. The van der Waals surface area contributed by atoms with Crippen LogP contribution in [0.5, 0.6) is 0 Å². The van der Waals surface area contributed by atoms with E-state index in [4.69, 9.17) is 0 Å². The third kappa shape index (κ3) is 5.29. The van der Waals surface area contributed by atoms with Gasteiger partial charge in [0, 0.05) is 37.4 Å². The number of hydrogen-bond donors (Lipinski definition) is 1. The van der Waals surface area contributed by atoms with Gasteiger partial charge in [0.2, 0.25) is 0 Å². The fraction of sp³-hybridized carbons (Fsp3) is 0.458. The predicted octanol–water partition coefficient (Wildman–Crippen LogP) is 4.65. The van der Waals surface area contributed by atoms with Crippen LogP contribution in [0.3, 0.4) is 0 Å². The van der Waals surface area contributed by atoms with Crippen molar-refractivity contribution in [3.8, 4) is 0 Å². The number of aromatic nitrogens is 1. The van der Waals surface area contributed by atoms with Crippen LogP contribution in [-0.2, 0) is 6.18 Å². The van der Waals surface area contributed by atoms with Gasteiger partial charge in [-0.3, -0.25) is 14.6 Å². The monoisotopic (exact) mass is 445 g/mol. The summed E-state index contributed by atoms with van der Waals surface area (Å²) in [5.74, 6) is 0.135. The number of pyridine rings is 1. The molecular formula is C24H26F3N3O2. The second kappa shape index (κ2) is 9.30. The van der Waals surface area contributed by atoms with E-state index in [0.717, 1.165) is 24.1 Å². The molecule has 0 spiro atoms. The van der Waals surface area contributed by atoms with Crippen molar-refractivity contribution in [2.24, 2.45) is 5.92 Å². The van der Waals surface area contributed by atoms with Crippen LogP contribution >= 0.6 is 0 Å². The van der Waals surface area contributed by atoms with Crippen LogP contribution < -0.4 is 5.32 Å². The van der Waals surface area contributed by atoms with E-state index in [2.05, 4.69) is 10.3 Å². The first-order valence-electron chi connectivity index (χ1n) is 11.0. The predicted molar refractivity (Wildman–Crippen MR) is 113 cm³/mol. The zero-order chi connectivity index (χ0) is 22.7. The molecule has 1 N–H and O–H groups in total. The summed E-state index contributed by atoms with van der Waals surface area (Å²) in [4.78, 5) is 30.9. The Kier molecular flexibility index (Phi) is 6.48. The summed E-state index contributed by atoms with van der Waals surface area (Å²) < 4.78 is 39.7. The van der Waals surface area contributed by atoms with Gasteiger partial charge in [-0.05, 0) is 49.4 Å². The Balaban J connectivity index is 1.32. The molecule has 1 aliphatic heterocycles. The second-order valence-electron chi connectivity index (χ2n) is 8.57. The molecule has 2 aliphatic rings. The topological polar surface area (TPSA) is 62.3 Å². The van der Waals surface area contributed by atoms with E-state index in [1.807, 2.05) is 6.07 Å². The molecule has 32 heavy (non-hydrogen) atoms. The number of carbonyl (C=O) groups excluding carboxylic acids is 2. The Morgan fingerprint density at radius 2 is 1.75 bits per heavy atom. The van der Waals surface area contributed by atoms with Crippen molar-refractivity contribution in [1.82, 2.24) is 15.2 Å². The zero-order valence-corrected chi connectivity index (χ0v) is 17.7. The SMILES string of the molecule is O=C(NCCC1CC1)c1ccc(C2CCN(C(=O)c3ccccc3C(F)(F)F)CC2)nc1. The maximum Gasteiger partial charge on any atom is 0.417 e. The summed E-state index contributed by atoms with van der Waals surface area (Å²) in [7, 11) is 0. The molecule has 1 saturated heterocycles. The molecule has 0 radical (unpaired) electrons. The number of benzene rings is 1. The Morgan fingerprint density at radius 1 is 1.03 bits per heavy atom. The van der Waals surface area contributed by atoms with Gasteiger partial charge in [-0.25, -0.2) is 0 Å². The lowest BCUT2D eigenvalue weighted by molar-refractivity contribution is -0.138. The van der Waals surface area contributed by atoms with Gasteiger partial charge in [-0.1, -0.05) is 25.0 Å². The Labute approximate surface area is 185 Å². The number of piperidine rings is 1. The van der Waals surface area contributed by atoms with Gasteiger partial charge in [0.1, 0.15) is 0 Å². The molecule has 0 unspecified atom stereocenters. The standard InChI is InChI=1S/C24H26F3N3O2/c25-24(26,27)20-4-2-1-3-19(20)23(32)30-13-10-17(11-14-30)21-8-7-18(15-29-21)22(31)28-12-9-16-5-6-16/h1-4,7-8,15-17H,5-6,9-14H2,(H,28,31). The number of carbonyl (C=O) groups is 2. The third-order valence-corrected chi connectivity index (χ3v) is 6.25. The number of halogens is 3. The van der Waals surface area contributed by atoms with Gasteiger partial charge in [0.05, 0.1) is 16.7 Å². The summed E-state index contributed by atoms with van der Waals surface area (Å²) in [6.45, 7) is 1.40. The van der Waals surface area contributed by atoms with Gasteiger partial charge < -0.3 is 10.2 Å². The van der Waals surface area contributed by atoms with Crippen molar-refractivity contribution in [3.63, 3.8) is 0 Å². The normalized spacial score (nSPS) is 17.3. The molecule has 2 amide bonds. The lowest BCUT2D eigenvalue weighted by Crippen LogP contribution is -2.38. The quantitative estimate of drug-likeness (QED) is 0.704. The number of hydrogen-bond acceptors (Lipinski definition) is 3. The maximum atomic E-state index is 13.2. The highest BCUT2D eigenvalue weighted by molar-refractivity contribution is 5.96. The fourth-order valence-electron chi connectivity index (χ4n) is 4.15. The fourth-order valence-corrected chi connectivity index (χ4v) is 4.15. The van der Waals surface area contributed by atoms with E-state index in [1.54, 1.807) is 12.3 Å². The molecule has 1 aromatic heterocycles. The molecule has 1 aromatic carbocycles. The van der Waals surface area contributed by atoms with Crippen LogP contribution in [0.1, 0.15) is 70.0 Å². The van der Waals surface area contributed by atoms with E-state index >= 15 is 0 Å². The lowest BCUT2D eigenvalue weighted by Gasteiger charge is -2.32. The molecule has 2 aromatic rings. The number of amides is 2. The van der Waals surface area contributed by atoms with Crippen LogP contribution in [-0.4, -0.2) is 41.3 Å². The zero-order valence-electron chi connectivity index (χ0n) is 17.7. The molecular weight excluding hydrogens is 419 g/mol. The van der Waals surface area contributed by atoms with Crippen LogP contribution in [0.25, 0.3) is 0 Å². The Hall–Kier alpha value is -2.90. The van der Waals surface area contributed by atoms with Crippen molar-refractivity contribution in [1.29, 1.82) is 0 Å². The molecule has 8 heteroatoms. The molecule has 0 bridgehead atoms. The van der Waals surface area contributed by atoms with Gasteiger partial charge >= 0.3 is 6.18 Å². The number of alkyl halides is 3. The first-order valence-corrected chi connectivity index (χ1v) is 11.0. The lowest BCUT2D eigenvalue weighted by atomic mass is 9.92. The summed E-state index contributed by atoms with van der Waals surface area (Å²) in [6, 6.07) is 8.49. The van der Waals surface area contributed by atoms with E-state index in [-0.39, 0.29) is 17.4 Å². The highest BCUT2D eigenvalue weighted by Crippen LogP contribution is 2.34. The Bertz CT molecular complexity index is 963. The molecule has 1 saturated carbocycles. The average Bonchev–Trinajstić information content (AvgIpc) is 3.63. The van der Waals surface area contributed by atoms with E-state index in [0.29, 0.717) is 38.0 Å². The van der Waals surface area contributed by atoms with E-state index in [1.165, 1.54) is 35.9 Å². The minimum Gasteiger partial charge on any atom is -0.352 e. The maximum absolute atomic E-state index is 13.2. The molecule has 2 fully saturated rings. The van der Waals surface area contributed by atoms with Crippen molar-refractivity contribution in [3.05, 3.63) is 65.0 Å². The van der Waals surface area contributed by atoms with Crippen LogP contribution in [0.4, 0.5) is 13.2 Å². The molecule has 2 heterocycles. The molecule has 170 valence electrons. The van der Waals surface area contributed by atoms with Gasteiger partial charge in [0.25, 0.3) is 11.8 Å². The summed E-state index contributed by atoms with van der Waals surface area (Å²) >= 11 is 0. The largest absolute Gasteiger partial charge is 0.417 e. The van der Waals surface area contributed by atoms with Crippen LogP contribution in [0.15, 0.2) is 42.6 Å². The molecule has 0 atom stereocenters. The first kappa shape index (κ1) is 22.3. The smallest absolute Gasteiger partial charge is 0.352 e. The first-order chi connectivity index (χ1) is 15.3. The average molecular weight is 445 g/mol. The van der Waals surface area contributed by atoms with Gasteiger partial charge in [0.15, 0.2) is 0 Å². The highest BCUT2D eigenvalue weighted by atomic mass is 19.4. The number of nitrogens with one attached hydrogen (secondary N) is 1. The van der Waals surface area contributed by atoms with Crippen molar-refractivity contribution >= 4 is 11.8 Å². The minimum atomic E-state index is -4.57. The third-order valence-electron chi connectivity index (χ3n) is 6.25. The van der Waals surface area contributed by atoms with Crippen molar-refractivity contribution < 1.29 is 22.8 Å². The van der Waals surface area contributed by atoms with Crippen LogP contribution in [0.2, 0.25) is 0 Å². The van der Waals surface area contributed by atoms with Crippen molar-refractivity contribution in [2.45, 2.75) is 44.2 Å². The Morgan fingerprint density at radius 3 is 2.38 bits per heavy atom. The molecule has 4 rings (SSSR count). The van der Waals surface area contributed by atoms with Gasteiger partial charge in [-0.2, -0.15) is 13.2 Å². The van der Waals surface area contributed by atoms with E-state index < -0.39 is 17.6 Å². The summed E-state index contributed by atoms with van der Waals surface area (Å²) in [6.07, 6.45) is 1.75. The van der Waals surface area contributed by atoms with Crippen LogP contribution in [0, 0.1) is 5.92 Å².